The van der Waals surface area contributed by atoms with Gasteiger partial charge in [-0.15, -0.1) is 18.2 Å². The number of hydrogen-bond donors (Lipinski definition) is 2. The van der Waals surface area contributed by atoms with E-state index in [1.165, 1.54) is 20.3 Å². The monoisotopic (exact) mass is 344 g/mol. The van der Waals surface area contributed by atoms with Gasteiger partial charge in [0.1, 0.15) is 10.5 Å². The molecule has 2 N–H and O–H groups in total. The third kappa shape index (κ3) is 2.08. The molecule has 0 heterocycles. The van der Waals surface area contributed by atoms with E-state index >= 15 is 0 Å². The van der Waals surface area contributed by atoms with E-state index < -0.39 is 28.7 Å². The van der Waals surface area contributed by atoms with Gasteiger partial charge < -0.3 is 19.7 Å². The summed E-state index contributed by atoms with van der Waals surface area (Å²) in [6.07, 6.45) is 0.590. The van der Waals surface area contributed by atoms with Gasteiger partial charge in [0.15, 0.2) is 0 Å². The third-order valence-electron chi connectivity index (χ3n) is 3.43. The van der Waals surface area contributed by atoms with Crippen LogP contribution in [-0.4, -0.2) is 46.7 Å². The summed E-state index contributed by atoms with van der Waals surface area (Å²) in [7, 11) is 2.53. The van der Waals surface area contributed by atoms with E-state index in [1.54, 1.807) is 0 Å². The molecule has 0 aromatic rings. The molecule has 0 aromatic heterocycles. The number of carboxylic acids is 1. The number of ether oxygens (including phenoxy) is 2. The standard InChI is InChI=1S/C12H15Cl3O5/c1-4-5-11(15)10(18,6-7(16)17)8(13)9(14)12(11,19-2)20-3/h4,18H,1,5-6H2,2-3H3,(H,16,17)/t10-,11-/m1/s1. The Bertz CT molecular complexity index is 460. The Morgan fingerprint density at radius 3 is 2.20 bits per heavy atom. The normalized spacial score (nSPS) is 32.5. The van der Waals surface area contributed by atoms with E-state index in [4.69, 9.17) is 49.4 Å². The van der Waals surface area contributed by atoms with Crippen molar-refractivity contribution < 1.29 is 24.5 Å². The molecule has 0 unspecified atom stereocenters. The van der Waals surface area contributed by atoms with E-state index in [0.717, 1.165) is 0 Å². The smallest absolute Gasteiger partial charge is 0.306 e. The molecule has 8 heteroatoms. The Labute approximate surface area is 131 Å². The lowest BCUT2D eigenvalue weighted by molar-refractivity contribution is -0.215. The van der Waals surface area contributed by atoms with Gasteiger partial charge in [-0.2, -0.15) is 0 Å². The molecule has 0 fully saturated rings. The average molecular weight is 346 g/mol. The Hall–Kier alpha value is -0.300. The predicted molar refractivity (Wildman–Crippen MR) is 76.1 cm³/mol. The van der Waals surface area contributed by atoms with Crippen molar-refractivity contribution in [1.29, 1.82) is 0 Å². The lowest BCUT2D eigenvalue weighted by atomic mass is 9.81. The molecular formula is C12H15Cl3O5. The maximum Gasteiger partial charge on any atom is 0.306 e. The molecule has 0 saturated heterocycles. The van der Waals surface area contributed by atoms with E-state index in [1.807, 2.05) is 0 Å². The predicted octanol–water partition coefficient (Wildman–Crippen LogP) is 2.44. The van der Waals surface area contributed by atoms with Crippen molar-refractivity contribution in [2.24, 2.45) is 0 Å². The van der Waals surface area contributed by atoms with Crippen LogP contribution in [0.4, 0.5) is 0 Å². The van der Waals surface area contributed by atoms with Gasteiger partial charge >= 0.3 is 5.97 Å². The van der Waals surface area contributed by atoms with Gasteiger partial charge in [-0.25, -0.2) is 0 Å². The molecule has 5 nitrogen and oxygen atoms in total. The number of methoxy groups -OCH3 is 2. The summed E-state index contributed by atoms with van der Waals surface area (Å²) in [6.45, 7) is 3.54. The van der Waals surface area contributed by atoms with Gasteiger partial charge in [0.05, 0.1) is 16.5 Å². The second-order valence-electron chi connectivity index (χ2n) is 4.38. The highest BCUT2D eigenvalue weighted by Gasteiger charge is 2.72. The van der Waals surface area contributed by atoms with E-state index in [2.05, 4.69) is 6.58 Å². The highest BCUT2D eigenvalue weighted by Crippen LogP contribution is 2.61. The van der Waals surface area contributed by atoms with Crippen molar-refractivity contribution in [3.63, 3.8) is 0 Å². The molecule has 20 heavy (non-hydrogen) atoms. The summed E-state index contributed by atoms with van der Waals surface area (Å²) in [5.74, 6) is -3.07. The van der Waals surface area contributed by atoms with E-state index in [9.17, 15) is 9.90 Å². The lowest BCUT2D eigenvalue weighted by Crippen LogP contribution is -2.62. The van der Waals surface area contributed by atoms with Crippen LogP contribution in [0.15, 0.2) is 22.7 Å². The van der Waals surface area contributed by atoms with Crippen molar-refractivity contribution in [2.45, 2.75) is 29.1 Å². The maximum absolute atomic E-state index is 11.0. The number of hydrogen-bond acceptors (Lipinski definition) is 4. The van der Waals surface area contributed by atoms with Crippen LogP contribution in [0.2, 0.25) is 0 Å². The first kappa shape index (κ1) is 17.8. The van der Waals surface area contributed by atoms with Crippen molar-refractivity contribution in [3.8, 4) is 0 Å². The number of allylic oxidation sites excluding steroid dienone is 1. The van der Waals surface area contributed by atoms with Gasteiger partial charge in [-0.05, 0) is 6.42 Å². The first-order valence-corrected chi connectivity index (χ1v) is 6.70. The molecule has 2 atom stereocenters. The fourth-order valence-corrected chi connectivity index (χ4v) is 3.91. The molecule has 0 aromatic carbocycles. The van der Waals surface area contributed by atoms with Gasteiger partial charge in [0.25, 0.3) is 0 Å². The van der Waals surface area contributed by atoms with Gasteiger partial charge in [-0.1, -0.05) is 29.3 Å². The first-order valence-electron chi connectivity index (χ1n) is 5.57. The summed E-state index contributed by atoms with van der Waals surface area (Å²) in [5.41, 5.74) is -2.15. The number of halogens is 3. The number of rotatable bonds is 6. The van der Waals surface area contributed by atoms with Crippen LogP contribution in [0.5, 0.6) is 0 Å². The average Bonchev–Trinajstić information content (AvgIpc) is 2.48. The minimum Gasteiger partial charge on any atom is -0.481 e. The van der Waals surface area contributed by atoms with Crippen LogP contribution in [0, 0.1) is 0 Å². The Balaban J connectivity index is 3.59. The van der Waals surface area contributed by atoms with E-state index in [-0.39, 0.29) is 16.5 Å². The molecule has 114 valence electrons. The quantitative estimate of drug-likeness (QED) is 0.439. The molecule has 0 aliphatic heterocycles. The molecule has 1 aliphatic carbocycles. The van der Waals surface area contributed by atoms with Crippen LogP contribution in [-0.2, 0) is 14.3 Å². The molecule has 0 spiro atoms. The second kappa shape index (κ2) is 5.83. The molecule has 0 amide bonds. The number of carbonyl (C=O) groups is 1. The summed E-state index contributed by atoms with van der Waals surface area (Å²) in [6, 6.07) is 0. The zero-order chi connectivity index (χ0) is 15.8. The van der Waals surface area contributed by atoms with Crippen molar-refractivity contribution in [3.05, 3.63) is 22.7 Å². The maximum atomic E-state index is 11.0. The largest absolute Gasteiger partial charge is 0.481 e. The molecular weight excluding hydrogens is 330 g/mol. The minimum absolute atomic E-state index is 0.0492. The number of aliphatic carboxylic acids is 1. The van der Waals surface area contributed by atoms with Crippen molar-refractivity contribution in [1.82, 2.24) is 0 Å². The van der Waals surface area contributed by atoms with Crippen molar-refractivity contribution >= 4 is 40.8 Å². The van der Waals surface area contributed by atoms with Crippen molar-refractivity contribution in [2.75, 3.05) is 14.2 Å². The summed E-state index contributed by atoms with van der Waals surface area (Å²) < 4.78 is 10.5. The number of carboxylic acid groups (broad SMARTS) is 1. The van der Waals surface area contributed by atoms with Crippen LogP contribution >= 0.6 is 34.8 Å². The Kier molecular flexibility index (Phi) is 5.17. The Morgan fingerprint density at radius 1 is 1.35 bits per heavy atom. The second-order valence-corrected chi connectivity index (χ2v) is 5.78. The fourth-order valence-electron chi connectivity index (χ4n) is 2.47. The molecule has 1 rings (SSSR count). The van der Waals surface area contributed by atoms with Crippen LogP contribution in [0.1, 0.15) is 12.8 Å². The fraction of sp³-hybridized carbons (Fsp3) is 0.583. The van der Waals surface area contributed by atoms with Crippen LogP contribution in [0.25, 0.3) is 0 Å². The first-order chi connectivity index (χ1) is 9.16. The third-order valence-corrected chi connectivity index (χ3v) is 5.18. The summed E-state index contributed by atoms with van der Waals surface area (Å²) in [4.78, 5) is 9.28. The zero-order valence-corrected chi connectivity index (χ0v) is 13.2. The highest BCUT2D eigenvalue weighted by molar-refractivity contribution is 6.44. The SMILES string of the molecule is C=CC[C@]1(Cl)C(OC)(OC)C(Cl)=C(Cl)[C@]1(O)CC(=O)O. The summed E-state index contributed by atoms with van der Waals surface area (Å²) >= 11 is 18.6. The summed E-state index contributed by atoms with van der Waals surface area (Å²) in [5, 5.41) is 19.3. The Morgan fingerprint density at radius 2 is 1.85 bits per heavy atom. The lowest BCUT2D eigenvalue weighted by Gasteiger charge is -2.45. The highest BCUT2D eigenvalue weighted by atomic mass is 35.5. The molecule has 0 saturated carbocycles. The van der Waals surface area contributed by atoms with Gasteiger partial charge in [-0.3, -0.25) is 4.79 Å². The van der Waals surface area contributed by atoms with E-state index in [0.29, 0.717) is 0 Å². The molecule has 0 radical (unpaired) electrons. The molecule has 1 aliphatic rings. The number of aliphatic hydroxyl groups is 1. The minimum atomic E-state index is -2.15. The van der Waals surface area contributed by atoms with Crippen LogP contribution < -0.4 is 0 Å². The van der Waals surface area contributed by atoms with Crippen LogP contribution in [0.3, 0.4) is 0 Å². The zero-order valence-electron chi connectivity index (χ0n) is 11.0. The van der Waals surface area contributed by atoms with Gasteiger partial charge in [0.2, 0.25) is 5.79 Å². The van der Waals surface area contributed by atoms with Gasteiger partial charge in [0, 0.05) is 14.2 Å². The topological polar surface area (TPSA) is 76.0 Å². The molecule has 0 bridgehead atoms. The number of alkyl halides is 1.